The van der Waals surface area contributed by atoms with Gasteiger partial charge in [-0.1, -0.05) is 56.1 Å². The number of fused-ring (bicyclic) bond motifs is 1. The molecule has 0 atom stereocenters. The number of ether oxygens (including phenoxy) is 1. The van der Waals surface area contributed by atoms with Crippen molar-refractivity contribution in [2.45, 2.75) is 46.3 Å². The van der Waals surface area contributed by atoms with Gasteiger partial charge in [-0.3, -0.25) is 9.59 Å². The number of anilines is 1. The maximum atomic E-state index is 12.9. The zero-order valence-corrected chi connectivity index (χ0v) is 21.2. The van der Waals surface area contributed by atoms with Crippen LogP contribution in [0.3, 0.4) is 0 Å². The number of carbonyl (C=O) groups excluding carboxylic acids is 2. The largest absolute Gasteiger partial charge is 0.484 e. The van der Waals surface area contributed by atoms with Crippen molar-refractivity contribution in [3.05, 3.63) is 57.1 Å². The number of carbonyl (C=O) groups is 2. The summed E-state index contributed by atoms with van der Waals surface area (Å²) in [5.41, 5.74) is 2.57. The third-order valence-electron chi connectivity index (χ3n) is 5.83. The van der Waals surface area contributed by atoms with Crippen LogP contribution in [0.25, 0.3) is 0 Å². The van der Waals surface area contributed by atoms with Crippen LogP contribution < -0.4 is 10.1 Å². The predicted molar refractivity (Wildman–Crippen MR) is 130 cm³/mol. The Morgan fingerprint density at radius 1 is 1.03 bits per heavy atom. The Morgan fingerprint density at radius 2 is 1.71 bits per heavy atom. The molecule has 0 aliphatic carbocycles. The fourth-order valence-corrected chi connectivity index (χ4v) is 4.19. The molecule has 1 aliphatic heterocycles. The number of amides is 1. The summed E-state index contributed by atoms with van der Waals surface area (Å²) in [4.78, 5) is 24.6. The highest BCUT2D eigenvalue weighted by molar-refractivity contribution is 6.33. The molecular formula is C25H27Cl2F3N2O3. The van der Waals surface area contributed by atoms with Crippen molar-refractivity contribution in [1.82, 2.24) is 4.90 Å². The summed E-state index contributed by atoms with van der Waals surface area (Å²) in [6.45, 7) is 5.65. The normalized spacial score (nSPS) is 14.2. The Bertz CT molecular complexity index is 1110. The van der Waals surface area contributed by atoms with E-state index >= 15 is 0 Å². The van der Waals surface area contributed by atoms with Gasteiger partial charge in [0.2, 0.25) is 0 Å². The average molecular weight is 531 g/mol. The van der Waals surface area contributed by atoms with E-state index < -0.39 is 17.5 Å². The number of hydrogen-bond donors (Lipinski definition) is 1. The molecule has 2 aromatic rings. The molecule has 0 aromatic heterocycles. The van der Waals surface area contributed by atoms with Gasteiger partial charge in [0, 0.05) is 25.0 Å². The number of hydrogen-bond acceptors (Lipinski definition) is 4. The molecule has 190 valence electrons. The van der Waals surface area contributed by atoms with Gasteiger partial charge in [-0.15, -0.1) is 0 Å². The first-order valence-corrected chi connectivity index (χ1v) is 11.9. The van der Waals surface area contributed by atoms with E-state index in [-0.39, 0.29) is 31.9 Å². The Morgan fingerprint density at radius 3 is 2.34 bits per heavy atom. The van der Waals surface area contributed by atoms with Gasteiger partial charge in [0.05, 0.1) is 15.7 Å². The van der Waals surface area contributed by atoms with Crippen molar-refractivity contribution in [1.29, 1.82) is 0 Å². The predicted octanol–water partition coefficient (Wildman–Crippen LogP) is 6.09. The molecule has 1 amide bonds. The van der Waals surface area contributed by atoms with E-state index in [1.54, 1.807) is 30.3 Å². The number of ketones is 1. The van der Waals surface area contributed by atoms with E-state index in [0.29, 0.717) is 34.4 Å². The van der Waals surface area contributed by atoms with E-state index in [2.05, 4.69) is 5.32 Å². The highest BCUT2D eigenvalue weighted by atomic mass is 35.5. The monoisotopic (exact) mass is 530 g/mol. The molecule has 3 rings (SSSR count). The van der Waals surface area contributed by atoms with Crippen molar-refractivity contribution in [2.24, 2.45) is 5.41 Å². The second-order valence-electron chi connectivity index (χ2n) is 9.43. The topological polar surface area (TPSA) is 58.6 Å². The number of alkyl halides is 3. The number of Topliss-reactive ketones (excluding diaryl/α,β-unsaturated/α-hetero) is 1. The summed E-state index contributed by atoms with van der Waals surface area (Å²) < 4.78 is 44.2. The van der Waals surface area contributed by atoms with E-state index in [1.165, 1.54) is 0 Å². The van der Waals surface area contributed by atoms with Gasteiger partial charge < -0.3 is 15.0 Å². The van der Waals surface area contributed by atoms with Gasteiger partial charge in [0.25, 0.3) is 0 Å². The van der Waals surface area contributed by atoms with Crippen molar-refractivity contribution in [3.8, 4) is 5.75 Å². The van der Waals surface area contributed by atoms with Crippen LogP contribution in [0.1, 0.15) is 37.5 Å². The molecule has 5 nitrogen and oxygen atoms in total. The average Bonchev–Trinajstić information content (AvgIpc) is 2.98. The smallest absolute Gasteiger partial charge is 0.471 e. The molecule has 1 heterocycles. The third kappa shape index (κ3) is 6.82. The van der Waals surface area contributed by atoms with Crippen molar-refractivity contribution in [3.63, 3.8) is 0 Å². The zero-order valence-electron chi connectivity index (χ0n) is 19.7. The summed E-state index contributed by atoms with van der Waals surface area (Å²) >= 11 is 12.8. The highest BCUT2D eigenvalue weighted by Gasteiger charge is 2.42. The molecular weight excluding hydrogens is 504 g/mol. The lowest BCUT2D eigenvalue weighted by Crippen LogP contribution is -2.42. The number of nitrogens with one attached hydrogen (secondary N) is 1. The summed E-state index contributed by atoms with van der Waals surface area (Å²) in [5.74, 6) is -1.48. The zero-order chi connectivity index (χ0) is 26.0. The van der Waals surface area contributed by atoms with Crippen LogP contribution in [-0.2, 0) is 29.0 Å². The van der Waals surface area contributed by atoms with Crippen LogP contribution in [0, 0.1) is 5.41 Å². The Hall–Kier alpha value is -2.45. The first-order chi connectivity index (χ1) is 16.3. The van der Waals surface area contributed by atoms with Crippen LogP contribution in [0.4, 0.5) is 18.9 Å². The second-order valence-corrected chi connectivity index (χ2v) is 10.2. The van der Waals surface area contributed by atoms with Crippen molar-refractivity contribution < 1.29 is 27.5 Å². The molecule has 0 saturated carbocycles. The third-order valence-corrected chi connectivity index (χ3v) is 6.44. The number of halogens is 5. The van der Waals surface area contributed by atoms with Crippen molar-refractivity contribution in [2.75, 3.05) is 25.0 Å². The summed E-state index contributed by atoms with van der Waals surface area (Å²) in [5, 5.41) is 4.05. The molecule has 2 aromatic carbocycles. The maximum Gasteiger partial charge on any atom is 0.471 e. The van der Waals surface area contributed by atoms with E-state index in [0.717, 1.165) is 21.6 Å². The van der Waals surface area contributed by atoms with Crippen LogP contribution in [-0.4, -0.2) is 42.5 Å². The van der Waals surface area contributed by atoms with Gasteiger partial charge in [0.1, 0.15) is 12.4 Å². The van der Waals surface area contributed by atoms with Gasteiger partial charge in [-0.2, -0.15) is 13.2 Å². The van der Waals surface area contributed by atoms with Gasteiger partial charge in [-0.25, -0.2) is 0 Å². The lowest BCUT2D eigenvalue weighted by molar-refractivity contribution is -0.185. The van der Waals surface area contributed by atoms with E-state index in [4.69, 9.17) is 27.9 Å². The van der Waals surface area contributed by atoms with Gasteiger partial charge in [-0.05, 0) is 47.7 Å². The minimum absolute atomic E-state index is 0.0127. The van der Waals surface area contributed by atoms with Gasteiger partial charge in [0.15, 0.2) is 5.78 Å². The molecule has 0 spiro atoms. The summed E-state index contributed by atoms with van der Waals surface area (Å²) in [6.07, 6.45) is -4.35. The Balaban J connectivity index is 1.70. The summed E-state index contributed by atoms with van der Waals surface area (Å²) in [6, 6.07) is 8.68. The van der Waals surface area contributed by atoms with Crippen LogP contribution in [0.5, 0.6) is 5.75 Å². The molecule has 0 bridgehead atoms. The first kappa shape index (κ1) is 27.1. The highest BCUT2D eigenvalue weighted by Crippen LogP contribution is 2.33. The molecule has 10 heteroatoms. The molecule has 35 heavy (non-hydrogen) atoms. The van der Waals surface area contributed by atoms with Crippen LogP contribution in [0.15, 0.2) is 30.3 Å². The summed E-state index contributed by atoms with van der Waals surface area (Å²) in [7, 11) is 0. The fraction of sp³-hybridized carbons (Fsp3) is 0.440. The van der Waals surface area contributed by atoms with E-state index in [9.17, 15) is 22.8 Å². The molecule has 0 fully saturated rings. The number of rotatable bonds is 6. The first-order valence-electron chi connectivity index (χ1n) is 11.1. The SMILES string of the molecule is CC(C)(C)C(=O)COc1ccc(CNc2c(Cl)ccc3c2CCN(C(=O)C(F)(F)F)CC3)cc1Cl. The molecule has 0 saturated heterocycles. The van der Waals surface area contributed by atoms with Crippen LogP contribution in [0.2, 0.25) is 10.0 Å². The number of benzene rings is 2. The Labute approximate surface area is 212 Å². The minimum atomic E-state index is -4.90. The molecule has 1 aliphatic rings. The lowest BCUT2D eigenvalue weighted by atomic mass is 9.91. The minimum Gasteiger partial charge on any atom is -0.484 e. The Kier molecular flexibility index (Phi) is 8.27. The maximum absolute atomic E-state index is 12.9. The number of nitrogens with zero attached hydrogens (tertiary/aromatic N) is 1. The fourth-order valence-electron chi connectivity index (χ4n) is 3.69. The molecule has 0 unspecified atom stereocenters. The lowest BCUT2D eigenvalue weighted by Gasteiger charge is -2.21. The second kappa shape index (κ2) is 10.7. The quantitative estimate of drug-likeness (QED) is 0.491. The van der Waals surface area contributed by atoms with E-state index in [1.807, 2.05) is 20.8 Å². The van der Waals surface area contributed by atoms with Crippen molar-refractivity contribution >= 4 is 40.6 Å². The van der Waals surface area contributed by atoms with Crippen LogP contribution >= 0.6 is 23.2 Å². The molecule has 1 N–H and O–H groups in total. The van der Waals surface area contributed by atoms with Gasteiger partial charge >= 0.3 is 12.1 Å². The standard InChI is InChI=1S/C25H27Cl2F3N2O3/c1-24(2,3)21(33)14-35-20-7-4-15(12-19(20)27)13-31-22-17-9-11-32(23(34)25(28,29)30)10-8-16(17)5-6-18(22)26/h4-7,12,31H,8-11,13-14H2,1-3H3. The molecule has 0 radical (unpaired) electrons.